The second kappa shape index (κ2) is 10.7. The monoisotopic (exact) mass is 499 g/mol. The molecule has 0 spiro atoms. The van der Waals surface area contributed by atoms with Gasteiger partial charge in [-0.15, -0.1) is 24.0 Å². The summed E-state index contributed by atoms with van der Waals surface area (Å²) in [6.07, 6.45) is 5.42. The van der Waals surface area contributed by atoms with E-state index in [0.29, 0.717) is 6.54 Å². The van der Waals surface area contributed by atoms with Gasteiger partial charge < -0.3 is 15.4 Å². The van der Waals surface area contributed by atoms with Crippen molar-refractivity contribution in [2.24, 2.45) is 4.99 Å². The molecule has 1 aliphatic heterocycles. The van der Waals surface area contributed by atoms with Crippen molar-refractivity contribution in [1.29, 1.82) is 0 Å². The van der Waals surface area contributed by atoms with Crippen LogP contribution in [0.1, 0.15) is 19.4 Å². The van der Waals surface area contributed by atoms with Crippen LogP contribution in [-0.4, -0.2) is 71.1 Å². The van der Waals surface area contributed by atoms with Crippen LogP contribution in [0.2, 0.25) is 0 Å². The van der Waals surface area contributed by atoms with Gasteiger partial charge in [-0.2, -0.15) is 5.10 Å². The van der Waals surface area contributed by atoms with E-state index in [9.17, 15) is 0 Å². The van der Waals surface area contributed by atoms with E-state index in [2.05, 4.69) is 44.5 Å². The first-order chi connectivity index (χ1) is 13.1. The fraction of sp³-hybridized carbons (Fsp3) is 0.526. The van der Waals surface area contributed by atoms with Gasteiger partial charge in [-0.3, -0.25) is 9.89 Å². The molecule has 8 nitrogen and oxygen atoms in total. The molecule has 9 heteroatoms. The number of hydrogen-bond acceptors (Lipinski definition) is 5. The van der Waals surface area contributed by atoms with Crippen molar-refractivity contribution >= 4 is 29.9 Å². The summed E-state index contributed by atoms with van der Waals surface area (Å²) in [5, 5.41) is 11.0. The van der Waals surface area contributed by atoms with Gasteiger partial charge in [-0.1, -0.05) is 0 Å². The van der Waals surface area contributed by atoms with Gasteiger partial charge in [0.25, 0.3) is 0 Å². The molecule has 1 aliphatic rings. The Kier molecular flexibility index (Phi) is 8.64. The standard InChI is InChI=1S/C19H29N7O.HI/c1-19(2,25-9-11-27-12-10-25)15-23-18(20-3)22-14-16-5-7-21-17(13-16)26-8-4-6-24-26;/h4-8,13H,9-12,14-15H2,1-3H3,(H2,20,22,23);1H. The first-order valence-corrected chi connectivity index (χ1v) is 9.31. The van der Waals surface area contributed by atoms with E-state index in [1.807, 2.05) is 24.4 Å². The van der Waals surface area contributed by atoms with Gasteiger partial charge in [0.05, 0.1) is 13.2 Å². The number of aromatic nitrogens is 3. The SMILES string of the molecule is CN=C(NCc1ccnc(-n2cccn2)c1)NCC(C)(C)N1CCOCC1.I. The lowest BCUT2D eigenvalue weighted by Crippen LogP contribution is -2.56. The summed E-state index contributed by atoms with van der Waals surface area (Å²) in [5.41, 5.74) is 1.15. The highest BCUT2D eigenvalue weighted by Crippen LogP contribution is 2.15. The third-order valence-corrected chi connectivity index (χ3v) is 4.79. The van der Waals surface area contributed by atoms with Crippen LogP contribution in [0.4, 0.5) is 0 Å². The third kappa shape index (κ3) is 6.14. The highest BCUT2D eigenvalue weighted by Gasteiger charge is 2.28. The van der Waals surface area contributed by atoms with Crippen LogP contribution in [0.15, 0.2) is 41.8 Å². The van der Waals surface area contributed by atoms with Crippen molar-refractivity contribution in [3.8, 4) is 5.82 Å². The van der Waals surface area contributed by atoms with E-state index in [0.717, 1.165) is 50.2 Å². The molecule has 3 rings (SSSR count). The van der Waals surface area contributed by atoms with Crippen LogP contribution in [-0.2, 0) is 11.3 Å². The van der Waals surface area contributed by atoms with Crippen LogP contribution < -0.4 is 10.6 Å². The maximum Gasteiger partial charge on any atom is 0.191 e. The summed E-state index contributed by atoms with van der Waals surface area (Å²) in [5.74, 6) is 1.59. The zero-order valence-electron chi connectivity index (χ0n) is 16.8. The van der Waals surface area contributed by atoms with Crippen molar-refractivity contribution in [3.05, 3.63) is 42.4 Å². The predicted octanol–water partition coefficient (Wildman–Crippen LogP) is 1.66. The minimum absolute atomic E-state index is 0. The van der Waals surface area contributed by atoms with Crippen molar-refractivity contribution in [1.82, 2.24) is 30.3 Å². The normalized spacial score (nSPS) is 15.8. The average Bonchev–Trinajstić information content (AvgIpc) is 3.24. The van der Waals surface area contributed by atoms with E-state index in [1.165, 1.54) is 0 Å². The molecule has 0 amide bonds. The Morgan fingerprint density at radius 3 is 2.71 bits per heavy atom. The second-order valence-electron chi connectivity index (χ2n) is 7.16. The molecule has 0 radical (unpaired) electrons. The van der Waals surface area contributed by atoms with Gasteiger partial charge in [0.15, 0.2) is 11.8 Å². The van der Waals surface area contributed by atoms with Gasteiger partial charge in [-0.05, 0) is 37.6 Å². The molecule has 154 valence electrons. The van der Waals surface area contributed by atoms with Crippen molar-refractivity contribution < 1.29 is 4.74 Å². The Bertz CT molecular complexity index is 743. The molecule has 0 saturated carbocycles. The number of aliphatic imine (C=N–C) groups is 1. The van der Waals surface area contributed by atoms with Crippen molar-refractivity contribution in [3.63, 3.8) is 0 Å². The third-order valence-electron chi connectivity index (χ3n) is 4.79. The molecule has 28 heavy (non-hydrogen) atoms. The van der Waals surface area contributed by atoms with Gasteiger partial charge in [0.1, 0.15) is 0 Å². The number of ether oxygens (including phenoxy) is 1. The zero-order valence-corrected chi connectivity index (χ0v) is 19.1. The maximum absolute atomic E-state index is 5.46. The van der Waals surface area contributed by atoms with Crippen molar-refractivity contribution in [2.75, 3.05) is 39.9 Å². The summed E-state index contributed by atoms with van der Waals surface area (Å²) in [6, 6.07) is 5.89. The molecule has 1 fully saturated rings. The quantitative estimate of drug-likeness (QED) is 0.358. The Balaban J connectivity index is 0.00000280. The molecule has 0 aliphatic carbocycles. The Labute approximate surface area is 183 Å². The number of pyridine rings is 1. The Hall–Kier alpha value is -1.72. The van der Waals surface area contributed by atoms with Gasteiger partial charge in [0, 0.05) is 57.4 Å². The summed E-state index contributed by atoms with van der Waals surface area (Å²) in [4.78, 5) is 11.2. The summed E-state index contributed by atoms with van der Waals surface area (Å²) >= 11 is 0. The average molecular weight is 499 g/mol. The van der Waals surface area contributed by atoms with Gasteiger partial charge in [0.2, 0.25) is 0 Å². The number of hydrogen-bond donors (Lipinski definition) is 2. The van der Waals surface area contributed by atoms with Crippen LogP contribution >= 0.6 is 24.0 Å². The van der Waals surface area contributed by atoms with Gasteiger partial charge in [-0.25, -0.2) is 9.67 Å². The maximum atomic E-state index is 5.46. The van der Waals surface area contributed by atoms with Crippen molar-refractivity contribution in [2.45, 2.75) is 25.9 Å². The Morgan fingerprint density at radius 2 is 2.04 bits per heavy atom. The number of nitrogens with one attached hydrogen (secondary N) is 2. The molecular weight excluding hydrogens is 469 g/mol. The molecule has 3 heterocycles. The Morgan fingerprint density at radius 1 is 1.25 bits per heavy atom. The molecule has 2 N–H and O–H groups in total. The van der Waals surface area contributed by atoms with Gasteiger partial charge >= 0.3 is 0 Å². The first-order valence-electron chi connectivity index (χ1n) is 9.31. The van der Waals surface area contributed by atoms with E-state index >= 15 is 0 Å². The predicted molar refractivity (Wildman–Crippen MR) is 121 cm³/mol. The second-order valence-corrected chi connectivity index (χ2v) is 7.16. The minimum atomic E-state index is 0. The zero-order chi connectivity index (χ0) is 19.1. The molecule has 2 aromatic rings. The molecule has 0 atom stereocenters. The molecule has 0 bridgehead atoms. The smallest absolute Gasteiger partial charge is 0.191 e. The topological polar surface area (TPSA) is 79.6 Å². The summed E-state index contributed by atoms with van der Waals surface area (Å²) in [6.45, 7) is 9.50. The lowest BCUT2D eigenvalue weighted by Gasteiger charge is -2.41. The largest absolute Gasteiger partial charge is 0.379 e. The molecule has 0 aromatic carbocycles. The summed E-state index contributed by atoms with van der Waals surface area (Å²) in [7, 11) is 1.79. The number of guanidine groups is 1. The van der Waals surface area contributed by atoms with Crippen LogP contribution in [0.25, 0.3) is 5.82 Å². The van der Waals surface area contributed by atoms with E-state index in [4.69, 9.17) is 4.74 Å². The fourth-order valence-corrected chi connectivity index (χ4v) is 3.09. The highest BCUT2D eigenvalue weighted by molar-refractivity contribution is 14.0. The molecule has 1 saturated heterocycles. The summed E-state index contributed by atoms with van der Waals surface area (Å²) < 4.78 is 7.21. The van der Waals surface area contributed by atoms with E-state index in [-0.39, 0.29) is 29.5 Å². The first kappa shape index (κ1) is 22.6. The number of halogens is 1. The van der Waals surface area contributed by atoms with Crippen LogP contribution in [0, 0.1) is 0 Å². The van der Waals surface area contributed by atoms with E-state index < -0.39 is 0 Å². The number of rotatable bonds is 6. The molecule has 2 aromatic heterocycles. The molecule has 0 unspecified atom stereocenters. The number of morpholine rings is 1. The van der Waals surface area contributed by atoms with Crippen LogP contribution in [0.3, 0.4) is 0 Å². The van der Waals surface area contributed by atoms with Crippen LogP contribution in [0.5, 0.6) is 0 Å². The number of nitrogens with zero attached hydrogens (tertiary/aromatic N) is 5. The highest BCUT2D eigenvalue weighted by atomic mass is 127. The molecular formula is C19H30IN7O. The lowest BCUT2D eigenvalue weighted by molar-refractivity contribution is -0.00834. The minimum Gasteiger partial charge on any atom is -0.379 e. The lowest BCUT2D eigenvalue weighted by atomic mass is 10.0. The fourth-order valence-electron chi connectivity index (χ4n) is 3.09. The van der Waals surface area contributed by atoms with E-state index in [1.54, 1.807) is 24.1 Å².